The number of hydrogen-bond donors (Lipinski definition) is 0. The number of aromatic nitrogens is 1. The van der Waals surface area contributed by atoms with E-state index in [1.54, 1.807) is 0 Å². The van der Waals surface area contributed by atoms with Crippen molar-refractivity contribution in [1.82, 2.24) is 4.57 Å². The lowest BCUT2D eigenvalue weighted by molar-refractivity contribution is 0.793. The molecule has 2 heteroatoms. The molecule has 0 bridgehead atoms. The molecule has 1 aromatic heterocycles. The van der Waals surface area contributed by atoms with Gasteiger partial charge in [-0.05, 0) is 167 Å². The zero-order valence-corrected chi connectivity index (χ0v) is 43.3. The van der Waals surface area contributed by atoms with Crippen LogP contribution in [0.15, 0.2) is 303 Å². The van der Waals surface area contributed by atoms with Crippen LogP contribution in [-0.2, 0) is 5.41 Å². The Labute approximate surface area is 460 Å². The maximum Gasteiger partial charge on any atom is 0.0726 e. The van der Waals surface area contributed by atoms with E-state index < -0.39 is 5.41 Å². The molecule has 1 heterocycles. The number of fused-ring (bicyclic) bond motifs is 14. The molecule has 0 amide bonds. The number of hydrogen-bond acceptors (Lipinski definition) is 1. The van der Waals surface area contributed by atoms with Crippen molar-refractivity contribution >= 4 is 49.6 Å². The number of para-hydroxylation sites is 1. The van der Waals surface area contributed by atoms with Crippen LogP contribution in [0.25, 0.3) is 105 Å². The molecule has 13 aromatic carbocycles. The van der Waals surface area contributed by atoms with Gasteiger partial charge in [0.05, 0.1) is 16.4 Å². The van der Waals surface area contributed by atoms with Crippen LogP contribution in [0.2, 0.25) is 0 Å². The number of benzene rings is 13. The average molecular weight is 1000 g/mol. The summed E-state index contributed by atoms with van der Waals surface area (Å²) in [6, 6.07) is 112. The van der Waals surface area contributed by atoms with Crippen molar-refractivity contribution in [3.8, 4) is 72.4 Å². The minimum atomic E-state index is -0.459. The van der Waals surface area contributed by atoms with Gasteiger partial charge in [0.1, 0.15) is 0 Å². The Morgan fingerprint density at radius 2 is 0.696 bits per heavy atom. The van der Waals surface area contributed by atoms with E-state index in [0.29, 0.717) is 0 Å². The van der Waals surface area contributed by atoms with Gasteiger partial charge in [-0.15, -0.1) is 0 Å². The lowest BCUT2D eigenvalue weighted by atomic mass is 9.70. The monoisotopic (exact) mass is 1000 g/mol. The second kappa shape index (κ2) is 17.9. The first-order valence-corrected chi connectivity index (χ1v) is 27.4. The lowest BCUT2D eigenvalue weighted by Gasteiger charge is -2.32. The highest BCUT2D eigenvalue weighted by atomic mass is 15.1. The van der Waals surface area contributed by atoms with Gasteiger partial charge in [-0.1, -0.05) is 237 Å². The van der Waals surface area contributed by atoms with Gasteiger partial charge < -0.3 is 9.47 Å². The number of rotatable bonds is 8. The summed E-state index contributed by atoms with van der Waals surface area (Å²) in [5, 5.41) is 4.98. The van der Waals surface area contributed by atoms with Gasteiger partial charge in [-0.3, -0.25) is 0 Å². The van der Waals surface area contributed by atoms with Crippen molar-refractivity contribution in [3.63, 3.8) is 0 Å². The molecular formula is C77H50N2. The Hall–Kier alpha value is -10.3. The first kappa shape index (κ1) is 45.0. The summed E-state index contributed by atoms with van der Waals surface area (Å²) in [6.07, 6.45) is 0. The Kier molecular flexibility index (Phi) is 10.2. The molecule has 2 nitrogen and oxygen atoms in total. The highest BCUT2D eigenvalue weighted by Crippen LogP contribution is 2.63. The molecule has 79 heavy (non-hydrogen) atoms. The van der Waals surface area contributed by atoms with Gasteiger partial charge in [-0.2, -0.15) is 0 Å². The third-order valence-corrected chi connectivity index (χ3v) is 17.0. The van der Waals surface area contributed by atoms with Crippen LogP contribution in [0.3, 0.4) is 0 Å². The second-order valence-corrected chi connectivity index (χ2v) is 21.2. The van der Waals surface area contributed by atoms with Crippen molar-refractivity contribution in [2.24, 2.45) is 0 Å². The Morgan fingerprint density at radius 3 is 1.41 bits per heavy atom. The van der Waals surface area contributed by atoms with Crippen molar-refractivity contribution in [2.75, 3.05) is 4.90 Å². The summed E-state index contributed by atoms with van der Waals surface area (Å²) in [7, 11) is 0. The molecule has 0 aliphatic heterocycles. The van der Waals surface area contributed by atoms with Gasteiger partial charge in [0.25, 0.3) is 0 Å². The van der Waals surface area contributed by atoms with E-state index in [0.717, 1.165) is 33.9 Å². The fourth-order valence-corrected chi connectivity index (χ4v) is 13.5. The summed E-state index contributed by atoms with van der Waals surface area (Å²) >= 11 is 0. The molecule has 0 saturated carbocycles. The molecule has 2 aliphatic rings. The maximum absolute atomic E-state index is 2.49. The number of nitrogens with zero attached hydrogens (tertiary/aromatic N) is 2. The van der Waals surface area contributed by atoms with E-state index in [1.807, 2.05) is 0 Å². The third kappa shape index (κ3) is 6.98. The van der Waals surface area contributed by atoms with E-state index in [9.17, 15) is 0 Å². The lowest BCUT2D eigenvalue weighted by Crippen LogP contribution is -2.26. The smallest absolute Gasteiger partial charge is 0.0726 e. The SMILES string of the molecule is c1ccc(-c2ccc(-n3c4ccccc4c4cc(-c5ccc(-c6cccc(N(c7ccc(-c8cccc9ccccc89)cc7)c7ccc8c(c7)C7(c9ccccc9-c9ccccc97)c7ccccc7-8)c6)cc5)ccc43)cc2)cc1. The minimum absolute atomic E-state index is 0.459. The van der Waals surface area contributed by atoms with E-state index >= 15 is 0 Å². The molecule has 0 saturated heterocycles. The summed E-state index contributed by atoms with van der Waals surface area (Å²) in [6.45, 7) is 0. The summed E-state index contributed by atoms with van der Waals surface area (Å²) in [5.74, 6) is 0. The zero-order chi connectivity index (χ0) is 52.0. The first-order chi connectivity index (χ1) is 39.2. The second-order valence-electron chi connectivity index (χ2n) is 21.2. The number of anilines is 3. The third-order valence-electron chi connectivity index (χ3n) is 17.0. The minimum Gasteiger partial charge on any atom is -0.310 e. The van der Waals surface area contributed by atoms with Gasteiger partial charge in [-0.25, -0.2) is 0 Å². The molecule has 14 aromatic rings. The standard InChI is InChI=1S/C77H50N2/c1-2-16-51(17-3-1)52-36-41-60(42-37-52)79-75-31-13-9-26-69(75)70-49-58(40-47-76(70)79)54-34-32-53(33-35-54)57-20-14-21-61(48-57)78(59-43-38-56(39-44-59)64-27-15-19-55-18-4-5-22-63(55)64)62-45-46-68-67-25-8-12-30-73(67)77(74(68)50-62)71-28-10-6-23-65(71)66-24-7-11-29-72(66)77/h1-50H. The average Bonchev–Trinajstić information content (AvgIpc) is 3.79. The normalized spacial score (nSPS) is 12.7. The van der Waals surface area contributed by atoms with E-state index in [2.05, 4.69) is 313 Å². The summed E-state index contributed by atoms with van der Waals surface area (Å²) < 4.78 is 2.40. The summed E-state index contributed by atoms with van der Waals surface area (Å²) in [5.41, 5.74) is 26.4. The van der Waals surface area contributed by atoms with Crippen molar-refractivity contribution in [1.29, 1.82) is 0 Å². The molecule has 0 unspecified atom stereocenters. The quantitative estimate of drug-likeness (QED) is 0.147. The Balaban J connectivity index is 0.794. The molecule has 0 radical (unpaired) electrons. The van der Waals surface area contributed by atoms with Gasteiger partial charge in [0.2, 0.25) is 0 Å². The highest BCUT2D eigenvalue weighted by Gasteiger charge is 2.51. The van der Waals surface area contributed by atoms with Crippen LogP contribution < -0.4 is 4.90 Å². The largest absolute Gasteiger partial charge is 0.310 e. The van der Waals surface area contributed by atoms with Crippen LogP contribution >= 0.6 is 0 Å². The van der Waals surface area contributed by atoms with E-state index in [1.165, 1.54) is 110 Å². The van der Waals surface area contributed by atoms with Crippen molar-refractivity contribution in [2.45, 2.75) is 5.41 Å². The molecule has 16 rings (SSSR count). The molecule has 0 N–H and O–H groups in total. The molecule has 2 aliphatic carbocycles. The fraction of sp³-hybridized carbons (Fsp3) is 0.0130. The van der Waals surface area contributed by atoms with Crippen molar-refractivity contribution < 1.29 is 0 Å². The Morgan fingerprint density at radius 1 is 0.241 bits per heavy atom. The fourth-order valence-electron chi connectivity index (χ4n) is 13.5. The first-order valence-electron chi connectivity index (χ1n) is 27.4. The van der Waals surface area contributed by atoms with Gasteiger partial charge in [0.15, 0.2) is 0 Å². The Bertz CT molecular complexity index is 4630. The van der Waals surface area contributed by atoms with Crippen LogP contribution in [0.5, 0.6) is 0 Å². The topological polar surface area (TPSA) is 8.17 Å². The molecule has 0 fully saturated rings. The predicted octanol–water partition coefficient (Wildman–Crippen LogP) is 20.4. The molecule has 368 valence electrons. The highest BCUT2D eigenvalue weighted by molar-refractivity contribution is 6.10. The maximum atomic E-state index is 2.49. The predicted molar refractivity (Wildman–Crippen MR) is 331 cm³/mol. The molecular weight excluding hydrogens is 953 g/mol. The van der Waals surface area contributed by atoms with E-state index in [4.69, 9.17) is 0 Å². The van der Waals surface area contributed by atoms with E-state index in [-0.39, 0.29) is 0 Å². The van der Waals surface area contributed by atoms with Gasteiger partial charge in [0, 0.05) is 33.5 Å². The zero-order valence-electron chi connectivity index (χ0n) is 43.3. The summed E-state index contributed by atoms with van der Waals surface area (Å²) in [4.78, 5) is 2.46. The molecule has 1 spiro atoms. The van der Waals surface area contributed by atoms with Crippen LogP contribution in [0.4, 0.5) is 17.1 Å². The van der Waals surface area contributed by atoms with Crippen molar-refractivity contribution in [3.05, 3.63) is 326 Å². The van der Waals surface area contributed by atoms with Crippen LogP contribution in [0.1, 0.15) is 22.3 Å². The van der Waals surface area contributed by atoms with Gasteiger partial charge >= 0.3 is 0 Å². The van der Waals surface area contributed by atoms with Crippen LogP contribution in [0, 0.1) is 0 Å². The molecule has 0 atom stereocenters. The van der Waals surface area contributed by atoms with Crippen LogP contribution in [-0.4, -0.2) is 4.57 Å².